The second-order valence-corrected chi connectivity index (χ2v) is 6.49. The molecule has 0 saturated carbocycles. The number of imidazole rings is 1. The Morgan fingerprint density at radius 3 is 3.26 bits per heavy atom. The third-order valence-electron chi connectivity index (χ3n) is 3.26. The van der Waals surface area contributed by atoms with Crippen molar-refractivity contribution in [2.45, 2.75) is 18.1 Å². The lowest BCUT2D eigenvalue weighted by Gasteiger charge is -2.26. The van der Waals surface area contributed by atoms with Crippen LogP contribution in [0.3, 0.4) is 0 Å². The number of fused-ring (bicyclic) bond motifs is 1. The van der Waals surface area contributed by atoms with Crippen LogP contribution in [-0.2, 0) is 24.8 Å². The highest BCUT2D eigenvalue weighted by Gasteiger charge is 2.21. The zero-order chi connectivity index (χ0) is 13.2. The Bertz CT molecular complexity index is 590. The molecule has 0 fully saturated rings. The van der Waals surface area contributed by atoms with Gasteiger partial charge in [0.1, 0.15) is 0 Å². The number of nitrogens with zero attached hydrogens (tertiary/aromatic N) is 3. The molecule has 6 heteroatoms. The van der Waals surface area contributed by atoms with Gasteiger partial charge in [0.15, 0.2) is 5.16 Å². The molecule has 1 aliphatic heterocycles. The van der Waals surface area contributed by atoms with Gasteiger partial charge in [-0.05, 0) is 23.4 Å². The summed E-state index contributed by atoms with van der Waals surface area (Å²) in [5.41, 5.74) is 1.31. The molecule has 0 aromatic carbocycles. The monoisotopic (exact) mass is 293 g/mol. The van der Waals surface area contributed by atoms with E-state index in [0.717, 1.165) is 24.7 Å². The fraction of sp³-hybridized carbons (Fsp3) is 0.385. The number of aryl methyl sites for hydroxylation is 1. The standard InChI is InChI=1S/C13H15N3OS2/c1-15-6-4-14-13(15)19-9-12(17)16-5-2-11-10(8-16)3-7-18-11/h3-4,6-7H,2,5,8-9H2,1H3. The van der Waals surface area contributed by atoms with Crippen LogP contribution in [0.2, 0.25) is 0 Å². The summed E-state index contributed by atoms with van der Waals surface area (Å²) in [7, 11) is 1.94. The smallest absolute Gasteiger partial charge is 0.233 e. The van der Waals surface area contributed by atoms with Crippen LogP contribution >= 0.6 is 23.1 Å². The number of thioether (sulfide) groups is 1. The van der Waals surface area contributed by atoms with Gasteiger partial charge in [-0.15, -0.1) is 11.3 Å². The topological polar surface area (TPSA) is 38.1 Å². The summed E-state index contributed by atoms with van der Waals surface area (Å²) in [5, 5.41) is 3.00. The van der Waals surface area contributed by atoms with Crippen molar-refractivity contribution < 1.29 is 4.79 Å². The van der Waals surface area contributed by atoms with Gasteiger partial charge in [0.2, 0.25) is 5.91 Å². The van der Waals surface area contributed by atoms with Gasteiger partial charge in [-0.1, -0.05) is 11.8 Å². The molecule has 0 N–H and O–H groups in total. The molecular weight excluding hydrogens is 278 g/mol. The first kappa shape index (κ1) is 12.7. The number of aromatic nitrogens is 2. The quantitative estimate of drug-likeness (QED) is 0.814. The predicted molar refractivity (Wildman–Crippen MR) is 77.4 cm³/mol. The van der Waals surface area contributed by atoms with Gasteiger partial charge in [-0.25, -0.2) is 4.98 Å². The van der Waals surface area contributed by atoms with E-state index in [1.165, 1.54) is 22.2 Å². The molecule has 0 atom stereocenters. The minimum absolute atomic E-state index is 0.199. The minimum atomic E-state index is 0.199. The number of hydrogen-bond donors (Lipinski definition) is 0. The first-order valence-corrected chi connectivity index (χ1v) is 8.03. The number of carbonyl (C=O) groups is 1. The van der Waals surface area contributed by atoms with E-state index in [4.69, 9.17) is 0 Å². The Labute approximate surface area is 120 Å². The molecule has 0 radical (unpaired) electrons. The lowest BCUT2D eigenvalue weighted by atomic mass is 10.1. The molecule has 0 bridgehead atoms. The second kappa shape index (κ2) is 5.38. The third-order valence-corrected chi connectivity index (χ3v) is 5.33. The van der Waals surface area contributed by atoms with Gasteiger partial charge in [-0.3, -0.25) is 4.79 Å². The zero-order valence-electron chi connectivity index (χ0n) is 10.7. The Morgan fingerprint density at radius 2 is 2.47 bits per heavy atom. The third kappa shape index (κ3) is 2.69. The molecule has 2 aromatic rings. The van der Waals surface area contributed by atoms with Crippen molar-refractivity contribution in [3.05, 3.63) is 34.3 Å². The molecule has 0 aliphatic carbocycles. The molecule has 3 heterocycles. The van der Waals surface area contributed by atoms with Crippen LogP contribution in [0.25, 0.3) is 0 Å². The van der Waals surface area contributed by atoms with Gasteiger partial charge >= 0.3 is 0 Å². The fourth-order valence-corrected chi connectivity index (χ4v) is 3.89. The Morgan fingerprint density at radius 1 is 1.58 bits per heavy atom. The van der Waals surface area contributed by atoms with Crippen molar-refractivity contribution in [1.29, 1.82) is 0 Å². The van der Waals surface area contributed by atoms with Crippen LogP contribution in [0.4, 0.5) is 0 Å². The number of hydrogen-bond acceptors (Lipinski definition) is 4. The molecule has 100 valence electrons. The van der Waals surface area contributed by atoms with Crippen LogP contribution < -0.4 is 0 Å². The van der Waals surface area contributed by atoms with Crippen LogP contribution in [-0.4, -0.2) is 32.7 Å². The Hall–Kier alpha value is -1.27. The van der Waals surface area contributed by atoms with Crippen LogP contribution in [0.15, 0.2) is 29.0 Å². The second-order valence-electron chi connectivity index (χ2n) is 4.54. The van der Waals surface area contributed by atoms with E-state index in [-0.39, 0.29) is 5.91 Å². The first-order valence-electron chi connectivity index (χ1n) is 6.17. The highest BCUT2D eigenvalue weighted by atomic mass is 32.2. The SMILES string of the molecule is Cn1ccnc1SCC(=O)N1CCc2sccc2C1. The van der Waals surface area contributed by atoms with E-state index in [1.807, 2.05) is 22.7 Å². The van der Waals surface area contributed by atoms with E-state index in [0.29, 0.717) is 5.75 Å². The minimum Gasteiger partial charge on any atom is -0.337 e. The summed E-state index contributed by atoms with van der Waals surface area (Å²) < 4.78 is 1.94. The lowest BCUT2D eigenvalue weighted by molar-refractivity contribution is -0.129. The number of rotatable bonds is 3. The summed E-state index contributed by atoms with van der Waals surface area (Å²) in [5.74, 6) is 0.662. The van der Waals surface area contributed by atoms with E-state index in [2.05, 4.69) is 16.4 Å². The molecule has 2 aromatic heterocycles. The first-order chi connectivity index (χ1) is 9.24. The molecule has 4 nitrogen and oxygen atoms in total. The maximum atomic E-state index is 12.2. The fourth-order valence-electron chi connectivity index (χ4n) is 2.17. The van der Waals surface area contributed by atoms with Crippen molar-refractivity contribution in [3.8, 4) is 0 Å². The summed E-state index contributed by atoms with van der Waals surface area (Å²) in [6.07, 6.45) is 4.64. The number of amides is 1. The Balaban J connectivity index is 1.58. The predicted octanol–water partition coefficient (Wildman–Crippen LogP) is 2.16. The zero-order valence-corrected chi connectivity index (χ0v) is 12.3. The molecule has 1 aliphatic rings. The van der Waals surface area contributed by atoms with E-state index in [1.54, 1.807) is 17.5 Å². The number of carbonyl (C=O) groups excluding carboxylic acids is 1. The van der Waals surface area contributed by atoms with E-state index < -0.39 is 0 Å². The summed E-state index contributed by atoms with van der Waals surface area (Å²) in [4.78, 5) is 19.8. The van der Waals surface area contributed by atoms with Crippen molar-refractivity contribution >= 4 is 29.0 Å². The maximum Gasteiger partial charge on any atom is 0.233 e. The van der Waals surface area contributed by atoms with E-state index in [9.17, 15) is 4.79 Å². The molecule has 3 rings (SSSR count). The number of thiophene rings is 1. The summed E-state index contributed by atoms with van der Waals surface area (Å²) in [6.45, 7) is 1.60. The Kier molecular flexibility index (Phi) is 3.61. The van der Waals surface area contributed by atoms with Gasteiger partial charge in [0, 0.05) is 37.4 Å². The van der Waals surface area contributed by atoms with Crippen LogP contribution in [0.5, 0.6) is 0 Å². The van der Waals surface area contributed by atoms with Crippen LogP contribution in [0.1, 0.15) is 10.4 Å². The van der Waals surface area contributed by atoms with E-state index >= 15 is 0 Å². The highest BCUT2D eigenvalue weighted by molar-refractivity contribution is 7.99. The van der Waals surface area contributed by atoms with Crippen molar-refractivity contribution in [3.63, 3.8) is 0 Å². The molecule has 0 unspecified atom stereocenters. The largest absolute Gasteiger partial charge is 0.337 e. The molecule has 0 saturated heterocycles. The summed E-state index contributed by atoms with van der Waals surface area (Å²) >= 11 is 3.30. The van der Waals surface area contributed by atoms with Gasteiger partial charge < -0.3 is 9.47 Å². The molecule has 19 heavy (non-hydrogen) atoms. The van der Waals surface area contributed by atoms with Crippen molar-refractivity contribution in [2.75, 3.05) is 12.3 Å². The van der Waals surface area contributed by atoms with Gasteiger partial charge in [0.25, 0.3) is 0 Å². The van der Waals surface area contributed by atoms with Gasteiger partial charge in [0.05, 0.1) is 5.75 Å². The summed E-state index contributed by atoms with van der Waals surface area (Å²) in [6, 6.07) is 2.13. The molecule has 1 amide bonds. The van der Waals surface area contributed by atoms with Crippen molar-refractivity contribution in [2.24, 2.45) is 7.05 Å². The average Bonchev–Trinajstić information content (AvgIpc) is 3.03. The molecular formula is C13H15N3OS2. The maximum absolute atomic E-state index is 12.2. The highest BCUT2D eigenvalue weighted by Crippen LogP contribution is 2.25. The normalized spacial score (nSPS) is 14.5. The van der Waals surface area contributed by atoms with Crippen molar-refractivity contribution in [1.82, 2.24) is 14.5 Å². The molecule has 0 spiro atoms. The lowest BCUT2D eigenvalue weighted by Crippen LogP contribution is -2.36. The van der Waals surface area contributed by atoms with Crippen LogP contribution in [0, 0.1) is 0 Å². The van der Waals surface area contributed by atoms with Gasteiger partial charge in [-0.2, -0.15) is 0 Å². The average molecular weight is 293 g/mol.